The number of aliphatic hydroxyl groups excluding tert-OH is 2. The van der Waals surface area contributed by atoms with Gasteiger partial charge >= 0.3 is 24.0 Å². The molecule has 11 atom stereocenters. The monoisotopic (exact) mass is 916 g/mol. The van der Waals surface area contributed by atoms with Crippen molar-refractivity contribution in [2.75, 3.05) is 26.2 Å². The molecule has 0 radical (unpaired) electrons. The smallest absolute Gasteiger partial charge is 0.408 e. The summed E-state index contributed by atoms with van der Waals surface area (Å²) in [6.07, 6.45) is -4.21. The lowest BCUT2D eigenvalue weighted by Gasteiger charge is -2.67. The molecular weight excluding hydrogens is 849 g/mol. The second-order valence-corrected chi connectivity index (χ2v) is 20.8. The first-order chi connectivity index (χ1) is 31.0. The summed E-state index contributed by atoms with van der Waals surface area (Å²) in [5.74, 6) is -5.42. The van der Waals surface area contributed by atoms with E-state index in [2.05, 4.69) is 10.2 Å². The molecule has 2 aromatic carbocycles. The van der Waals surface area contributed by atoms with Gasteiger partial charge in [0.1, 0.15) is 35.3 Å². The molecule has 0 spiro atoms. The van der Waals surface area contributed by atoms with E-state index in [9.17, 15) is 34.5 Å². The zero-order valence-corrected chi connectivity index (χ0v) is 39.5. The highest BCUT2D eigenvalue weighted by Gasteiger charge is 2.78. The number of Topliss-reactive ketones (excluding diaryl/α,β-unsaturated/α-hetero) is 1. The topological polar surface area (TPSA) is 207 Å². The number of nitrogens with zero attached hydrogens (tertiary/aromatic N) is 1. The summed E-state index contributed by atoms with van der Waals surface area (Å²) in [5, 5.41) is 40.9. The van der Waals surface area contributed by atoms with Gasteiger partial charge in [-0.1, -0.05) is 75.2 Å². The van der Waals surface area contributed by atoms with Gasteiger partial charge in [0.25, 0.3) is 0 Å². The minimum atomic E-state index is -2.21. The summed E-state index contributed by atoms with van der Waals surface area (Å²) >= 11 is 0. The van der Waals surface area contributed by atoms with Crippen LogP contribution in [0.4, 0.5) is 4.79 Å². The molecule has 5 aliphatic rings. The van der Waals surface area contributed by atoms with E-state index in [1.54, 1.807) is 109 Å². The number of likely N-dealkylation sites (tertiary alicyclic amines) is 1. The molecule has 0 unspecified atom stereocenters. The lowest BCUT2D eigenvalue weighted by atomic mass is 9.43. The third-order valence-electron chi connectivity index (χ3n) is 15.1. The molecule has 4 fully saturated rings. The van der Waals surface area contributed by atoms with Gasteiger partial charge in [-0.3, -0.25) is 9.59 Å². The molecule has 7 rings (SSSR count). The Hall–Kier alpha value is -4.67. The predicted octanol–water partition coefficient (Wildman–Crippen LogP) is 5.78. The molecule has 15 heteroatoms. The van der Waals surface area contributed by atoms with Crippen molar-refractivity contribution in [3.8, 4) is 0 Å². The number of amides is 1. The molecule has 360 valence electrons. The van der Waals surface area contributed by atoms with Crippen LogP contribution in [-0.4, -0.2) is 124 Å². The van der Waals surface area contributed by atoms with E-state index in [0.29, 0.717) is 23.3 Å². The van der Waals surface area contributed by atoms with E-state index in [4.69, 9.17) is 23.7 Å². The van der Waals surface area contributed by atoms with Gasteiger partial charge in [-0.15, -0.1) is 0 Å². The number of hydrogen-bond donors (Lipinski definition) is 4. The summed E-state index contributed by atoms with van der Waals surface area (Å²) in [4.78, 5) is 73.7. The van der Waals surface area contributed by atoms with Gasteiger partial charge in [0, 0.05) is 31.1 Å². The Bertz CT molecular complexity index is 2160. The van der Waals surface area contributed by atoms with Crippen LogP contribution in [-0.2, 0) is 38.1 Å². The quantitative estimate of drug-likeness (QED) is 0.120. The number of carbonyl (C=O) groups is 5. The van der Waals surface area contributed by atoms with Crippen molar-refractivity contribution < 1.29 is 63.0 Å². The Morgan fingerprint density at radius 2 is 1.56 bits per heavy atom. The number of benzene rings is 2. The zero-order chi connectivity index (χ0) is 48.0. The summed E-state index contributed by atoms with van der Waals surface area (Å²) < 4.78 is 30.6. The first-order valence-electron chi connectivity index (χ1n) is 23.4. The van der Waals surface area contributed by atoms with Crippen LogP contribution < -0.4 is 5.32 Å². The van der Waals surface area contributed by atoms with Crippen LogP contribution in [0.15, 0.2) is 71.8 Å². The van der Waals surface area contributed by atoms with Crippen LogP contribution in [0.5, 0.6) is 0 Å². The van der Waals surface area contributed by atoms with E-state index in [1.165, 1.54) is 6.92 Å². The number of fused-ring (bicyclic) bond motifs is 5. The van der Waals surface area contributed by atoms with Gasteiger partial charge in [-0.2, -0.15) is 0 Å². The van der Waals surface area contributed by atoms with Crippen LogP contribution in [0.1, 0.15) is 122 Å². The molecule has 1 amide bonds. The van der Waals surface area contributed by atoms with Crippen molar-refractivity contribution in [2.24, 2.45) is 22.7 Å². The van der Waals surface area contributed by atoms with Crippen LogP contribution >= 0.6 is 0 Å². The van der Waals surface area contributed by atoms with E-state index < -0.39 is 112 Å². The minimum absolute atomic E-state index is 0.0674. The summed E-state index contributed by atoms with van der Waals surface area (Å²) in [5.41, 5.74) is -6.51. The maximum absolute atomic E-state index is 16.1. The number of esters is 3. The Morgan fingerprint density at radius 1 is 0.939 bits per heavy atom. The minimum Gasteiger partial charge on any atom is -0.456 e. The van der Waals surface area contributed by atoms with Crippen molar-refractivity contribution in [1.82, 2.24) is 10.2 Å². The molecular formula is C51H68N2O13. The van der Waals surface area contributed by atoms with Crippen LogP contribution in [0.2, 0.25) is 0 Å². The number of carbonyl (C=O) groups excluding carboxylic acids is 5. The largest absolute Gasteiger partial charge is 0.456 e. The van der Waals surface area contributed by atoms with Gasteiger partial charge < -0.3 is 49.2 Å². The van der Waals surface area contributed by atoms with Crippen molar-refractivity contribution >= 4 is 29.8 Å². The standard InChI is InChI=1S/C51H68N2O13/c1-30-35(63-45(59)40(56)39(32-19-13-11-14-20-32)52-46(60)66-47(3,4)5)28-51(61)43(64-44(58)33-21-15-12-16-22-33)41-49(8,36(55)27-37-50(41,29-62-37)65-31(2)54)42(57)34(38(30)48(51,6)7)23-26-53-24-17-9-10-18-25-53/h11-16,19-22,34-37,39-41,43,55-56,61H,9-10,17-18,23-29H2,1-8H3,(H,52,60)/t34-,35+,36+,37-,39+,40-,41+,43+,49-,50+,51-/m1/s1. The number of ether oxygens (including phenoxy) is 5. The first-order valence-corrected chi connectivity index (χ1v) is 23.4. The molecule has 2 heterocycles. The molecule has 2 aromatic rings. The first kappa shape index (κ1) is 49.2. The normalized spacial score (nSPS) is 32.9. The fourth-order valence-electron chi connectivity index (χ4n) is 11.7. The van der Waals surface area contributed by atoms with Crippen LogP contribution in [0.3, 0.4) is 0 Å². The molecule has 0 aromatic heterocycles. The number of aliphatic hydroxyl groups is 3. The van der Waals surface area contributed by atoms with E-state index >= 15 is 4.79 Å². The average Bonchev–Trinajstić information content (AvgIpc) is 3.54. The van der Waals surface area contributed by atoms with Crippen molar-refractivity contribution in [3.05, 3.63) is 82.9 Å². The number of nitrogens with one attached hydrogen (secondary N) is 1. The van der Waals surface area contributed by atoms with Gasteiger partial charge in [0.05, 0.1) is 35.6 Å². The SMILES string of the molecule is CC(=O)O[C@@]12CO[C@@H]1C[C@H](O)[C@@]1(C)C(=O)[C@H](CCN3CCCCCC3)C3=C(C)[C@@H](OC(=O)[C@H](O)[C@@H](NC(=O)OC(C)(C)C)c4ccccc4)C[C@@](O)([C@@H](OC(=O)c4ccccc4)[C@H]21)C3(C)C. The second-order valence-electron chi connectivity index (χ2n) is 20.8. The number of ketones is 1. The Labute approximate surface area is 387 Å². The molecule has 2 saturated heterocycles. The van der Waals surface area contributed by atoms with Crippen LogP contribution in [0, 0.1) is 22.7 Å². The molecule has 66 heavy (non-hydrogen) atoms. The lowest BCUT2D eigenvalue weighted by Crippen LogP contribution is -2.81. The van der Waals surface area contributed by atoms with Gasteiger partial charge in [-0.25, -0.2) is 14.4 Å². The fourth-order valence-corrected chi connectivity index (χ4v) is 11.7. The number of alkyl carbamates (subject to hydrolysis) is 1. The summed E-state index contributed by atoms with van der Waals surface area (Å²) in [7, 11) is 0. The van der Waals surface area contributed by atoms with Crippen LogP contribution in [0.25, 0.3) is 0 Å². The van der Waals surface area contributed by atoms with E-state index in [1.807, 2.05) is 0 Å². The Balaban J connectivity index is 1.39. The molecule has 2 aliphatic heterocycles. The molecule has 3 aliphatic carbocycles. The fraction of sp³-hybridized carbons (Fsp3) is 0.627. The summed E-state index contributed by atoms with van der Waals surface area (Å²) in [6.45, 7) is 15.2. The molecule has 4 N–H and O–H groups in total. The van der Waals surface area contributed by atoms with Gasteiger partial charge in [0.2, 0.25) is 0 Å². The van der Waals surface area contributed by atoms with Crippen molar-refractivity contribution in [2.45, 2.75) is 154 Å². The Kier molecular flexibility index (Phi) is 14.0. The average molecular weight is 917 g/mol. The lowest BCUT2D eigenvalue weighted by molar-refractivity contribution is -0.345. The van der Waals surface area contributed by atoms with Gasteiger partial charge in [-0.05, 0) is 102 Å². The molecule has 2 saturated carbocycles. The van der Waals surface area contributed by atoms with Crippen molar-refractivity contribution in [1.29, 1.82) is 0 Å². The third kappa shape index (κ3) is 9.05. The number of rotatable bonds is 11. The van der Waals surface area contributed by atoms with Gasteiger partial charge in [0.15, 0.2) is 11.7 Å². The predicted molar refractivity (Wildman–Crippen MR) is 241 cm³/mol. The third-order valence-corrected chi connectivity index (χ3v) is 15.1. The van der Waals surface area contributed by atoms with Crippen molar-refractivity contribution in [3.63, 3.8) is 0 Å². The highest BCUT2D eigenvalue weighted by Crippen LogP contribution is 2.65. The summed E-state index contributed by atoms with van der Waals surface area (Å²) in [6, 6.07) is 15.2. The maximum atomic E-state index is 16.1. The zero-order valence-electron chi connectivity index (χ0n) is 39.5. The second kappa shape index (κ2) is 18.8. The van der Waals surface area contributed by atoms with E-state index in [-0.39, 0.29) is 25.0 Å². The number of hydrogen-bond acceptors (Lipinski definition) is 14. The maximum Gasteiger partial charge on any atom is 0.408 e. The molecule has 2 bridgehead atoms. The Morgan fingerprint density at radius 3 is 2.14 bits per heavy atom. The van der Waals surface area contributed by atoms with E-state index in [0.717, 1.165) is 38.8 Å². The highest BCUT2D eigenvalue weighted by atomic mass is 16.6. The highest BCUT2D eigenvalue weighted by molar-refractivity contribution is 5.93. The molecule has 15 nitrogen and oxygen atoms in total.